The number of hydrogen-bond donors (Lipinski definition) is 3. The first-order valence-electron chi connectivity index (χ1n) is 8.86. The number of hydrogen-bond acceptors (Lipinski definition) is 8. The monoisotopic (exact) mass is 484 g/mol. The van der Waals surface area contributed by atoms with Crippen LogP contribution in [0.1, 0.15) is 30.4 Å². The SMILES string of the molecule is C=N/C(C)=C(\SCN)C(=O)NC(=C)/C=c1/cc(C(=O)NCC(C)(C)SSC)sc1=C. The molecule has 1 aromatic heterocycles. The van der Waals surface area contributed by atoms with E-state index in [-0.39, 0.29) is 22.4 Å². The van der Waals surface area contributed by atoms with E-state index in [0.29, 0.717) is 32.3 Å². The quantitative estimate of drug-likeness (QED) is 0.193. The Kier molecular flexibility index (Phi) is 11.0. The zero-order valence-electron chi connectivity index (χ0n) is 17.7. The Bertz CT molecular complexity index is 950. The van der Waals surface area contributed by atoms with E-state index in [2.05, 4.69) is 49.3 Å². The second kappa shape index (κ2) is 12.4. The Morgan fingerprint density at radius 3 is 2.63 bits per heavy atom. The third kappa shape index (κ3) is 8.35. The molecule has 0 unspecified atom stereocenters. The van der Waals surface area contributed by atoms with Crippen LogP contribution in [0.3, 0.4) is 0 Å². The minimum absolute atomic E-state index is 0.0711. The van der Waals surface area contributed by atoms with Crippen LogP contribution in [0.2, 0.25) is 0 Å². The lowest BCUT2D eigenvalue weighted by molar-refractivity contribution is -0.116. The van der Waals surface area contributed by atoms with E-state index in [1.54, 1.807) is 40.7 Å². The average Bonchev–Trinajstić information content (AvgIpc) is 3.03. The van der Waals surface area contributed by atoms with Crippen LogP contribution in [0.4, 0.5) is 0 Å². The van der Waals surface area contributed by atoms with Crippen molar-refractivity contribution in [1.29, 1.82) is 0 Å². The highest BCUT2D eigenvalue weighted by atomic mass is 33.1. The summed E-state index contributed by atoms with van der Waals surface area (Å²) in [5, 5.41) is 6.40. The van der Waals surface area contributed by atoms with Gasteiger partial charge in [0.2, 0.25) is 0 Å². The van der Waals surface area contributed by atoms with Gasteiger partial charge in [-0.05, 0) is 51.1 Å². The van der Waals surface area contributed by atoms with Crippen molar-refractivity contribution in [2.24, 2.45) is 10.7 Å². The van der Waals surface area contributed by atoms with Crippen LogP contribution < -0.4 is 26.1 Å². The van der Waals surface area contributed by atoms with Gasteiger partial charge in [-0.15, -0.1) is 23.1 Å². The van der Waals surface area contributed by atoms with Gasteiger partial charge in [-0.25, -0.2) is 0 Å². The number of nitrogens with two attached hydrogens (primary N) is 1. The van der Waals surface area contributed by atoms with Gasteiger partial charge in [0.1, 0.15) is 0 Å². The van der Waals surface area contributed by atoms with E-state index in [4.69, 9.17) is 5.73 Å². The van der Waals surface area contributed by atoms with E-state index in [9.17, 15) is 9.59 Å². The number of carbonyl (C=O) groups excluding carboxylic acids is 2. The fraction of sp³-hybridized carbons (Fsp3) is 0.350. The van der Waals surface area contributed by atoms with Gasteiger partial charge in [0.15, 0.2) is 0 Å². The fourth-order valence-electron chi connectivity index (χ4n) is 2.23. The first-order valence-corrected chi connectivity index (χ1v) is 13.2. The number of aliphatic imine (C=N–C) groups is 1. The number of thiophene rings is 1. The van der Waals surface area contributed by atoms with Gasteiger partial charge < -0.3 is 16.4 Å². The normalized spacial score (nSPS) is 12.9. The topological polar surface area (TPSA) is 96.6 Å². The van der Waals surface area contributed by atoms with Gasteiger partial charge in [-0.3, -0.25) is 14.6 Å². The lowest BCUT2D eigenvalue weighted by atomic mass is 10.2. The number of carbonyl (C=O) groups is 2. The summed E-state index contributed by atoms with van der Waals surface area (Å²) >= 11 is 2.47. The van der Waals surface area contributed by atoms with Crippen LogP contribution in [0, 0.1) is 0 Å². The molecule has 0 bridgehead atoms. The van der Waals surface area contributed by atoms with E-state index in [0.717, 1.165) is 5.22 Å². The van der Waals surface area contributed by atoms with Crippen molar-refractivity contribution in [3.63, 3.8) is 0 Å². The number of rotatable bonds is 11. The first-order chi connectivity index (χ1) is 14.0. The summed E-state index contributed by atoms with van der Waals surface area (Å²) in [5.74, 6) is -0.264. The second-order valence-corrected chi connectivity index (χ2v) is 12.0. The molecular formula is C20H28N4O2S4. The number of amides is 2. The maximum atomic E-state index is 12.5. The van der Waals surface area contributed by atoms with Gasteiger partial charge in [-0.1, -0.05) is 34.7 Å². The highest BCUT2D eigenvalue weighted by Crippen LogP contribution is 2.32. The third-order valence-corrected chi connectivity index (χ3v) is 8.21. The van der Waals surface area contributed by atoms with Crippen molar-refractivity contribution >= 4 is 75.9 Å². The van der Waals surface area contributed by atoms with E-state index in [1.165, 1.54) is 23.1 Å². The zero-order chi connectivity index (χ0) is 22.9. The molecule has 0 fully saturated rings. The molecule has 164 valence electrons. The van der Waals surface area contributed by atoms with Crippen molar-refractivity contribution in [2.75, 3.05) is 18.7 Å². The zero-order valence-corrected chi connectivity index (χ0v) is 20.9. The molecule has 6 nitrogen and oxygen atoms in total. The molecule has 0 aliphatic carbocycles. The average molecular weight is 485 g/mol. The van der Waals surface area contributed by atoms with Crippen LogP contribution in [0.5, 0.6) is 0 Å². The Balaban J connectivity index is 2.93. The van der Waals surface area contributed by atoms with Crippen LogP contribution in [-0.2, 0) is 4.79 Å². The molecule has 0 saturated heterocycles. The molecule has 1 heterocycles. The van der Waals surface area contributed by atoms with Gasteiger partial charge in [0.05, 0.1) is 15.5 Å². The molecule has 1 aromatic rings. The number of allylic oxidation sites excluding steroid dienone is 2. The Labute approximate surface area is 194 Å². The third-order valence-electron chi connectivity index (χ3n) is 3.65. The van der Waals surface area contributed by atoms with Crippen LogP contribution >= 0.6 is 44.7 Å². The predicted octanol–water partition coefficient (Wildman–Crippen LogP) is 2.67. The summed E-state index contributed by atoms with van der Waals surface area (Å²) in [7, 11) is 3.38. The lowest BCUT2D eigenvalue weighted by Gasteiger charge is -2.22. The second-order valence-electron chi connectivity index (χ2n) is 6.69. The molecule has 0 aliphatic heterocycles. The molecule has 10 heteroatoms. The van der Waals surface area contributed by atoms with Crippen molar-refractivity contribution in [1.82, 2.24) is 10.6 Å². The maximum Gasteiger partial charge on any atom is 0.263 e. The predicted molar refractivity (Wildman–Crippen MR) is 137 cm³/mol. The maximum absolute atomic E-state index is 12.5. The summed E-state index contributed by atoms with van der Waals surface area (Å²) in [4.78, 5) is 29.7. The van der Waals surface area contributed by atoms with Gasteiger partial charge >= 0.3 is 0 Å². The highest BCUT2D eigenvalue weighted by molar-refractivity contribution is 8.77. The Morgan fingerprint density at radius 2 is 2.07 bits per heavy atom. The van der Waals surface area contributed by atoms with E-state index >= 15 is 0 Å². The van der Waals surface area contributed by atoms with Crippen LogP contribution in [0.15, 0.2) is 33.9 Å². The van der Waals surface area contributed by atoms with E-state index < -0.39 is 0 Å². The molecule has 1 rings (SSSR count). The van der Waals surface area contributed by atoms with Gasteiger partial charge in [-0.2, -0.15) is 0 Å². The smallest absolute Gasteiger partial charge is 0.263 e. The summed E-state index contributed by atoms with van der Waals surface area (Å²) in [6.07, 6.45) is 3.70. The minimum atomic E-state index is -0.357. The van der Waals surface area contributed by atoms with Crippen LogP contribution in [-0.4, -0.2) is 42.0 Å². The summed E-state index contributed by atoms with van der Waals surface area (Å²) in [6.45, 7) is 17.7. The summed E-state index contributed by atoms with van der Waals surface area (Å²) < 4.78 is 0.641. The summed E-state index contributed by atoms with van der Waals surface area (Å²) in [5.41, 5.74) is 6.41. The molecular weight excluding hydrogens is 457 g/mol. The largest absolute Gasteiger partial charge is 0.350 e. The number of thioether (sulfide) groups is 1. The molecule has 0 aromatic carbocycles. The molecule has 0 saturated carbocycles. The minimum Gasteiger partial charge on any atom is -0.350 e. The van der Waals surface area contributed by atoms with Crippen molar-refractivity contribution < 1.29 is 9.59 Å². The molecule has 0 radical (unpaired) electrons. The number of nitrogens with one attached hydrogen (secondary N) is 2. The fourth-order valence-corrected chi connectivity index (χ4v) is 5.81. The molecule has 30 heavy (non-hydrogen) atoms. The van der Waals surface area contributed by atoms with Gasteiger partial charge in [0, 0.05) is 27.4 Å². The van der Waals surface area contributed by atoms with Crippen molar-refractivity contribution in [2.45, 2.75) is 25.5 Å². The summed E-state index contributed by atoms with van der Waals surface area (Å²) in [6, 6.07) is 1.75. The standard InChI is InChI=1S/C20H28N4O2S4/c1-12(24-19(26)17(28-11-21)13(2)22-6)8-15-9-16(29-14(15)3)18(25)23-10-20(4,5)30-27-7/h8-9H,1,3,6,10-11,21H2,2,4-5,7H3,(H,23,25)(H,24,26)/b15-8-,17-13-. The van der Waals surface area contributed by atoms with E-state index in [1.807, 2.05) is 6.26 Å². The number of nitrogens with zero attached hydrogens (tertiary/aromatic N) is 1. The Morgan fingerprint density at radius 1 is 1.40 bits per heavy atom. The van der Waals surface area contributed by atoms with Gasteiger partial charge in [0.25, 0.3) is 11.8 Å². The van der Waals surface area contributed by atoms with Crippen LogP contribution in [0.25, 0.3) is 12.7 Å². The highest BCUT2D eigenvalue weighted by Gasteiger charge is 2.20. The molecule has 2 amide bonds. The Hall–Kier alpha value is -1.46. The molecule has 0 spiro atoms. The lowest BCUT2D eigenvalue weighted by Crippen LogP contribution is -2.35. The first kappa shape index (κ1) is 26.6. The molecule has 0 aliphatic rings. The van der Waals surface area contributed by atoms with Crippen molar-refractivity contribution in [3.05, 3.63) is 43.6 Å². The van der Waals surface area contributed by atoms with Crippen molar-refractivity contribution in [3.8, 4) is 0 Å². The molecule has 4 N–H and O–H groups in total. The molecule has 0 atom stereocenters.